The second-order valence-corrected chi connectivity index (χ2v) is 12.4. The average molecular weight is 569 g/mol. The molecule has 1 aliphatic rings. The van der Waals surface area contributed by atoms with Crippen LogP contribution in [0.25, 0.3) is 69.2 Å². The summed E-state index contributed by atoms with van der Waals surface area (Å²) < 4.78 is 11.6. The smallest absolute Gasteiger partial charge is 0.196 e. The van der Waals surface area contributed by atoms with Crippen molar-refractivity contribution < 1.29 is 4.74 Å². The van der Waals surface area contributed by atoms with Gasteiger partial charge in [-0.25, -0.2) is 0 Å². The maximum Gasteiger partial charge on any atom is 0.196 e. The van der Waals surface area contributed by atoms with Gasteiger partial charge in [-0.1, -0.05) is 91.0 Å². The van der Waals surface area contributed by atoms with Crippen molar-refractivity contribution in [1.82, 2.24) is 4.57 Å². The van der Waals surface area contributed by atoms with Crippen LogP contribution in [0.2, 0.25) is 0 Å². The van der Waals surface area contributed by atoms with E-state index >= 15 is 0 Å². The largest absolute Gasteiger partial charge is 0.464 e. The number of anilines is 1. The van der Waals surface area contributed by atoms with Gasteiger partial charge in [-0.3, -0.25) is 0 Å². The lowest BCUT2D eigenvalue weighted by molar-refractivity contribution is 0.263. The highest BCUT2D eigenvalue weighted by atomic mass is 32.1. The third-order valence-corrected chi connectivity index (χ3v) is 10.2. The number of benzene rings is 7. The summed E-state index contributed by atoms with van der Waals surface area (Å²) in [4.78, 5) is 0. The molecule has 0 fully saturated rings. The van der Waals surface area contributed by atoms with Crippen LogP contribution >= 0.6 is 11.3 Å². The van der Waals surface area contributed by atoms with Crippen molar-refractivity contribution >= 4 is 80.5 Å². The van der Waals surface area contributed by atoms with Crippen LogP contribution in [0.15, 0.2) is 133 Å². The van der Waals surface area contributed by atoms with E-state index in [0.717, 1.165) is 22.7 Å². The van der Waals surface area contributed by atoms with Gasteiger partial charge in [0.05, 0.1) is 16.7 Å². The van der Waals surface area contributed by atoms with Crippen LogP contribution in [0.3, 0.4) is 0 Å². The van der Waals surface area contributed by atoms with E-state index < -0.39 is 0 Å². The highest BCUT2D eigenvalue weighted by molar-refractivity contribution is 7.25. The molecule has 0 saturated carbocycles. The highest BCUT2D eigenvalue weighted by Crippen LogP contribution is 2.48. The predicted molar refractivity (Wildman–Crippen MR) is 182 cm³/mol. The Kier molecular flexibility index (Phi) is 4.65. The minimum absolute atomic E-state index is 0.237. The fourth-order valence-corrected chi connectivity index (χ4v) is 8.19. The van der Waals surface area contributed by atoms with Crippen LogP contribution < -0.4 is 10.1 Å². The Morgan fingerprint density at radius 1 is 0.535 bits per heavy atom. The molecule has 43 heavy (non-hydrogen) atoms. The fraction of sp³-hybridized carbons (Fsp3) is 0.0256. The van der Waals surface area contributed by atoms with E-state index in [9.17, 15) is 0 Å². The molecule has 2 aromatic heterocycles. The summed E-state index contributed by atoms with van der Waals surface area (Å²) in [5.74, 6) is 0.949. The van der Waals surface area contributed by atoms with Crippen molar-refractivity contribution in [1.29, 1.82) is 0 Å². The molecule has 1 unspecified atom stereocenters. The standard InChI is InChI=1S/C39H24N2OS/c1-3-9-27-23(7-1)15-20-31-35(27)36-28-10-4-2-8-24(28)16-21-32(36)41(31)26-17-13-25(14-18-26)39-40-30-19-22-34-37(38(30)42-39)29-11-5-6-12-33(29)43-34/h1-22,39-40H. The third-order valence-electron chi connectivity index (χ3n) is 9.02. The van der Waals surface area contributed by atoms with Gasteiger partial charge >= 0.3 is 0 Å². The Bertz CT molecular complexity index is 2480. The lowest BCUT2D eigenvalue weighted by atomic mass is 10.00. The van der Waals surface area contributed by atoms with Gasteiger partial charge in [0, 0.05) is 42.2 Å². The van der Waals surface area contributed by atoms with Gasteiger partial charge in [0.15, 0.2) is 12.0 Å². The number of nitrogens with one attached hydrogen (secondary N) is 1. The molecule has 0 aliphatic carbocycles. The molecule has 0 amide bonds. The quantitative estimate of drug-likeness (QED) is 0.224. The summed E-state index contributed by atoms with van der Waals surface area (Å²) in [7, 11) is 0. The van der Waals surface area contributed by atoms with Crippen molar-refractivity contribution in [2.24, 2.45) is 0 Å². The molecule has 1 aliphatic heterocycles. The van der Waals surface area contributed by atoms with E-state index in [1.165, 1.54) is 63.5 Å². The second-order valence-electron chi connectivity index (χ2n) is 11.3. The van der Waals surface area contributed by atoms with Crippen molar-refractivity contribution in [2.45, 2.75) is 6.23 Å². The van der Waals surface area contributed by atoms with Crippen LogP contribution in [0, 0.1) is 0 Å². The molecule has 10 rings (SSSR count). The van der Waals surface area contributed by atoms with Gasteiger partial charge in [-0.05, 0) is 64.0 Å². The summed E-state index contributed by atoms with van der Waals surface area (Å²) in [6, 6.07) is 48.2. The van der Waals surface area contributed by atoms with E-state index in [4.69, 9.17) is 4.74 Å². The van der Waals surface area contributed by atoms with Gasteiger partial charge in [-0.15, -0.1) is 11.3 Å². The molecule has 0 radical (unpaired) electrons. The maximum atomic E-state index is 6.63. The number of ether oxygens (including phenoxy) is 1. The molecule has 1 atom stereocenters. The lowest BCUT2D eigenvalue weighted by Gasteiger charge is -2.14. The molecule has 0 bridgehead atoms. The number of fused-ring (bicyclic) bond motifs is 12. The molecule has 0 spiro atoms. The first kappa shape index (κ1) is 23.3. The number of thiophene rings is 1. The van der Waals surface area contributed by atoms with Crippen LogP contribution in [0.1, 0.15) is 11.8 Å². The maximum absolute atomic E-state index is 6.63. The lowest BCUT2D eigenvalue weighted by Crippen LogP contribution is -2.10. The van der Waals surface area contributed by atoms with E-state index in [2.05, 4.69) is 143 Å². The van der Waals surface area contributed by atoms with Crippen molar-refractivity contribution in [2.75, 3.05) is 5.32 Å². The van der Waals surface area contributed by atoms with Gasteiger partial charge in [0.2, 0.25) is 0 Å². The highest BCUT2D eigenvalue weighted by Gasteiger charge is 2.27. The average Bonchev–Trinajstić information content (AvgIpc) is 3.76. The number of hydrogen-bond acceptors (Lipinski definition) is 3. The molecule has 202 valence electrons. The molecule has 9 aromatic rings. The number of aromatic nitrogens is 1. The Morgan fingerprint density at radius 2 is 1.16 bits per heavy atom. The van der Waals surface area contributed by atoms with E-state index in [0.29, 0.717) is 0 Å². The summed E-state index contributed by atoms with van der Waals surface area (Å²) in [6.45, 7) is 0. The second kappa shape index (κ2) is 8.60. The first-order valence-corrected chi connectivity index (χ1v) is 15.4. The zero-order valence-corrected chi connectivity index (χ0v) is 23.9. The van der Waals surface area contributed by atoms with Crippen LogP contribution in [0.4, 0.5) is 5.69 Å². The molecule has 7 aromatic carbocycles. The van der Waals surface area contributed by atoms with Crippen molar-refractivity contribution in [3.05, 3.63) is 139 Å². The minimum atomic E-state index is -0.237. The van der Waals surface area contributed by atoms with Crippen LogP contribution in [0.5, 0.6) is 5.75 Å². The van der Waals surface area contributed by atoms with E-state index in [1.807, 2.05) is 11.3 Å². The van der Waals surface area contributed by atoms with Crippen LogP contribution in [-0.4, -0.2) is 4.57 Å². The summed E-state index contributed by atoms with van der Waals surface area (Å²) in [5, 5.41) is 13.8. The summed E-state index contributed by atoms with van der Waals surface area (Å²) in [6.07, 6.45) is -0.237. The first-order chi connectivity index (χ1) is 21.3. The Morgan fingerprint density at radius 3 is 1.86 bits per heavy atom. The van der Waals surface area contributed by atoms with Crippen molar-refractivity contribution in [3.63, 3.8) is 0 Å². The number of hydrogen-bond donors (Lipinski definition) is 1. The van der Waals surface area contributed by atoms with Gasteiger partial charge in [0.25, 0.3) is 0 Å². The molecule has 3 nitrogen and oxygen atoms in total. The normalized spacial score (nSPS) is 14.7. The topological polar surface area (TPSA) is 26.2 Å². The zero-order valence-electron chi connectivity index (χ0n) is 23.0. The SMILES string of the molecule is c1ccc2c(c1)ccc1c2c2c3ccccc3ccc2n1-c1ccc(C2Nc3ccc4sc5ccccc5c4c3O2)cc1. The molecule has 3 heterocycles. The molecule has 1 N–H and O–H groups in total. The number of rotatable bonds is 2. The summed E-state index contributed by atoms with van der Waals surface area (Å²) >= 11 is 1.82. The fourth-order valence-electron chi connectivity index (χ4n) is 7.09. The zero-order chi connectivity index (χ0) is 28.1. The van der Waals surface area contributed by atoms with Crippen LogP contribution in [-0.2, 0) is 0 Å². The monoisotopic (exact) mass is 568 g/mol. The Hall–Kier alpha value is -5.32. The Balaban J connectivity index is 1.12. The predicted octanol–water partition coefficient (Wildman–Crippen LogP) is 11.0. The first-order valence-electron chi connectivity index (χ1n) is 14.6. The summed E-state index contributed by atoms with van der Waals surface area (Å²) in [5.41, 5.74) is 5.71. The third kappa shape index (κ3) is 3.24. The van der Waals surface area contributed by atoms with Crippen molar-refractivity contribution in [3.8, 4) is 11.4 Å². The molecule has 4 heteroatoms. The van der Waals surface area contributed by atoms with Gasteiger partial charge in [-0.2, -0.15) is 0 Å². The van der Waals surface area contributed by atoms with Gasteiger partial charge < -0.3 is 14.6 Å². The van der Waals surface area contributed by atoms with E-state index in [1.54, 1.807) is 0 Å². The Labute approximate surface area is 251 Å². The molecular weight excluding hydrogens is 545 g/mol. The molecule has 0 saturated heterocycles. The molecular formula is C39H24N2OS. The minimum Gasteiger partial charge on any atom is -0.464 e. The van der Waals surface area contributed by atoms with Gasteiger partial charge in [0.1, 0.15) is 0 Å². The number of nitrogens with zero attached hydrogens (tertiary/aromatic N) is 1. The van der Waals surface area contributed by atoms with E-state index in [-0.39, 0.29) is 6.23 Å².